The molecule has 5 aromatic carbocycles. The minimum atomic E-state index is -0.542. The summed E-state index contributed by atoms with van der Waals surface area (Å²) in [6, 6.07) is 40.0. The first-order valence-corrected chi connectivity index (χ1v) is 25.1. The molecular formula is C60H72N2O10. The van der Waals surface area contributed by atoms with E-state index in [1.807, 2.05) is 123 Å². The molecule has 0 N–H and O–H groups in total. The molecule has 0 bridgehead atoms. The van der Waals surface area contributed by atoms with E-state index < -0.39 is 46.3 Å². The molecular weight excluding hydrogens is 909 g/mol. The van der Waals surface area contributed by atoms with Gasteiger partial charge in [0, 0.05) is 47.8 Å². The van der Waals surface area contributed by atoms with Crippen molar-refractivity contribution < 1.29 is 47.8 Å². The molecule has 0 radical (unpaired) electrons. The van der Waals surface area contributed by atoms with Crippen LogP contribution < -0.4 is 0 Å². The second kappa shape index (κ2) is 21.9. The standard InChI is InChI=1S/C60H72N2O10/c1-39(43-23-27-45(28-24-43)41(3)71-61-57(5,6)35-51(36-58(61,7)8)69-55(65)47-19-15-13-16-20-47)67-53(63)49-31-33-50(34-32-49)54(64)68-40(2)44-25-29-46(30-26-44)42(4)72-62-59(9,10)37-52(38-60(62,11)12)70-56(66)48-21-17-14-18-22-48/h13-34,39-42,51-52H,35-38H2,1-12H3. The van der Waals surface area contributed by atoms with Crippen molar-refractivity contribution in [1.29, 1.82) is 0 Å². The van der Waals surface area contributed by atoms with Gasteiger partial charge in [0.15, 0.2) is 0 Å². The topological polar surface area (TPSA) is 130 Å². The molecule has 12 heteroatoms. The first-order valence-electron chi connectivity index (χ1n) is 25.1. The maximum absolute atomic E-state index is 13.3. The molecule has 2 aliphatic rings. The van der Waals surface area contributed by atoms with Crippen molar-refractivity contribution in [3.63, 3.8) is 0 Å². The van der Waals surface area contributed by atoms with E-state index in [1.165, 1.54) is 0 Å². The van der Waals surface area contributed by atoms with Gasteiger partial charge in [-0.1, -0.05) is 84.9 Å². The molecule has 0 spiro atoms. The van der Waals surface area contributed by atoms with Crippen LogP contribution in [-0.4, -0.2) is 68.4 Å². The van der Waals surface area contributed by atoms with Gasteiger partial charge in [0.1, 0.15) is 36.6 Å². The number of piperidine rings is 2. The second-order valence-corrected chi connectivity index (χ2v) is 21.9. The van der Waals surface area contributed by atoms with Gasteiger partial charge in [0.2, 0.25) is 0 Å². The number of ether oxygens (including phenoxy) is 4. The van der Waals surface area contributed by atoms with Crippen LogP contribution >= 0.6 is 0 Å². The van der Waals surface area contributed by atoms with Gasteiger partial charge < -0.3 is 18.9 Å². The highest BCUT2D eigenvalue weighted by Gasteiger charge is 2.50. The fourth-order valence-corrected chi connectivity index (χ4v) is 10.5. The number of hydrogen-bond acceptors (Lipinski definition) is 12. The Kier molecular flexibility index (Phi) is 16.3. The third-order valence-electron chi connectivity index (χ3n) is 13.9. The Bertz CT molecular complexity index is 2430. The fourth-order valence-electron chi connectivity index (χ4n) is 10.5. The van der Waals surface area contributed by atoms with E-state index in [9.17, 15) is 19.2 Å². The molecule has 2 aliphatic heterocycles. The molecule has 4 atom stereocenters. The summed E-state index contributed by atoms with van der Waals surface area (Å²) in [6.07, 6.45) is 0.276. The normalized spacial score (nSPS) is 19.5. The van der Waals surface area contributed by atoms with Gasteiger partial charge >= 0.3 is 23.9 Å². The Balaban J connectivity index is 0.869. The lowest BCUT2D eigenvalue weighted by atomic mass is 9.80. The van der Waals surface area contributed by atoms with Crippen molar-refractivity contribution >= 4 is 23.9 Å². The van der Waals surface area contributed by atoms with E-state index >= 15 is 0 Å². The Morgan fingerprint density at radius 1 is 0.375 bits per heavy atom. The quantitative estimate of drug-likeness (QED) is 0.0689. The minimum absolute atomic E-state index is 0.260. The number of hydrogen-bond donors (Lipinski definition) is 0. The molecule has 2 saturated heterocycles. The zero-order valence-electron chi connectivity index (χ0n) is 44.0. The third kappa shape index (κ3) is 12.9. The zero-order chi connectivity index (χ0) is 52.2. The first-order chi connectivity index (χ1) is 33.9. The van der Waals surface area contributed by atoms with Crippen molar-refractivity contribution in [2.24, 2.45) is 0 Å². The summed E-state index contributed by atoms with van der Waals surface area (Å²) in [6.45, 7) is 24.5. The monoisotopic (exact) mass is 981 g/mol. The molecule has 4 unspecified atom stereocenters. The molecule has 72 heavy (non-hydrogen) atoms. The SMILES string of the molecule is CC(OC(=O)c1ccc(C(=O)OC(C)c2ccc(C(C)ON3C(C)(C)CC(OC(=O)c4ccccc4)CC3(C)C)cc2)cc1)c1ccc(C(C)ON2C(C)(C)CC(OC(=O)c3ccccc3)CC2(C)C)cc1. The van der Waals surface area contributed by atoms with Gasteiger partial charge in [-0.2, -0.15) is 10.1 Å². The summed E-state index contributed by atoms with van der Waals surface area (Å²) < 4.78 is 23.6. The highest BCUT2D eigenvalue weighted by Crippen LogP contribution is 2.44. The van der Waals surface area contributed by atoms with Crippen molar-refractivity contribution in [3.8, 4) is 0 Å². The van der Waals surface area contributed by atoms with E-state index in [1.54, 1.807) is 48.5 Å². The number of hydroxylamine groups is 4. The van der Waals surface area contributed by atoms with Crippen LogP contribution in [0, 0.1) is 0 Å². The van der Waals surface area contributed by atoms with Crippen molar-refractivity contribution in [1.82, 2.24) is 10.1 Å². The van der Waals surface area contributed by atoms with Gasteiger partial charge in [-0.25, -0.2) is 19.2 Å². The lowest BCUT2D eigenvalue weighted by Gasteiger charge is -2.54. The Hall–Kier alpha value is -6.18. The minimum Gasteiger partial charge on any atom is -0.459 e. The highest BCUT2D eigenvalue weighted by molar-refractivity contribution is 5.93. The molecule has 2 heterocycles. The maximum Gasteiger partial charge on any atom is 0.338 e. The summed E-state index contributed by atoms with van der Waals surface area (Å²) in [5.41, 5.74) is 3.53. The second-order valence-electron chi connectivity index (χ2n) is 21.9. The lowest BCUT2D eigenvalue weighted by Crippen LogP contribution is -2.62. The van der Waals surface area contributed by atoms with Crippen LogP contribution in [0.4, 0.5) is 0 Å². The average Bonchev–Trinajstić information content (AvgIpc) is 3.33. The molecule has 0 saturated carbocycles. The van der Waals surface area contributed by atoms with Gasteiger partial charge in [-0.3, -0.25) is 9.68 Å². The predicted octanol–water partition coefficient (Wildman–Crippen LogP) is 13.3. The summed E-state index contributed by atoms with van der Waals surface area (Å²) in [7, 11) is 0. The van der Waals surface area contributed by atoms with Crippen LogP contribution in [0.1, 0.15) is 197 Å². The average molecular weight is 981 g/mol. The molecule has 12 nitrogen and oxygen atoms in total. The highest BCUT2D eigenvalue weighted by atomic mass is 16.7. The summed E-state index contributed by atoms with van der Waals surface area (Å²) >= 11 is 0. The van der Waals surface area contributed by atoms with Crippen molar-refractivity contribution in [3.05, 3.63) is 178 Å². The van der Waals surface area contributed by atoms with Crippen molar-refractivity contribution in [2.75, 3.05) is 0 Å². The first kappa shape index (κ1) is 53.6. The van der Waals surface area contributed by atoms with E-state index in [0.29, 0.717) is 47.9 Å². The molecule has 5 aromatic rings. The smallest absolute Gasteiger partial charge is 0.338 e. The van der Waals surface area contributed by atoms with Crippen LogP contribution in [0.3, 0.4) is 0 Å². The molecule has 382 valence electrons. The van der Waals surface area contributed by atoms with Crippen molar-refractivity contribution in [2.45, 2.75) is 168 Å². The molecule has 0 amide bonds. The summed E-state index contributed by atoms with van der Waals surface area (Å²) in [4.78, 5) is 65.6. The van der Waals surface area contributed by atoms with Crippen LogP contribution in [0.15, 0.2) is 133 Å². The zero-order valence-corrected chi connectivity index (χ0v) is 44.0. The summed E-state index contributed by atoms with van der Waals surface area (Å²) in [5.74, 6) is -1.67. The number of carbonyl (C=O) groups excluding carboxylic acids is 4. The van der Waals surface area contributed by atoms with E-state index in [4.69, 9.17) is 28.6 Å². The Morgan fingerprint density at radius 2 is 0.625 bits per heavy atom. The van der Waals surface area contributed by atoms with Gasteiger partial charge in [0.25, 0.3) is 0 Å². The van der Waals surface area contributed by atoms with Crippen LogP contribution in [0.25, 0.3) is 0 Å². The molecule has 0 aliphatic carbocycles. The van der Waals surface area contributed by atoms with Crippen LogP contribution in [-0.2, 0) is 28.6 Å². The largest absolute Gasteiger partial charge is 0.459 e. The fraction of sp³-hybridized carbons (Fsp3) is 0.433. The summed E-state index contributed by atoms with van der Waals surface area (Å²) in [5, 5.41) is 4.09. The van der Waals surface area contributed by atoms with E-state index in [0.717, 1.165) is 22.3 Å². The van der Waals surface area contributed by atoms with Crippen LogP contribution in [0.2, 0.25) is 0 Å². The number of nitrogens with zero attached hydrogens (tertiary/aromatic N) is 2. The Labute approximate surface area is 425 Å². The van der Waals surface area contributed by atoms with E-state index in [-0.39, 0.29) is 36.4 Å². The lowest BCUT2D eigenvalue weighted by molar-refractivity contribution is -0.313. The van der Waals surface area contributed by atoms with Gasteiger partial charge in [0.05, 0.1) is 22.3 Å². The maximum atomic E-state index is 13.3. The molecule has 7 rings (SSSR count). The predicted molar refractivity (Wildman–Crippen MR) is 276 cm³/mol. The molecule has 2 fully saturated rings. The number of benzene rings is 5. The Morgan fingerprint density at radius 3 is 0.903 bits per heavy atom. The molecule has 0 aromatic heterocycles. The number of carbonyl (C=O) groups is 4. The number of esters is 4. The van der Waals surface area contributed by atoms with E-state index in [2.05, 4.69) is 55.4 Å². The van der Waals surface area contributed by atoms with Gasteiger partial charge in [-0.05, 0) is 154 Å². The van der Waals surface area contributed by atoms with Crippen LogP contribution in [0.5, 0.6) is 0 Å². The van der Waals surface area contributed by atoms with Gasteiger partial charge in [-0.15, -0.1) is 0 Å². The number of rotatable bonds is 16. The third-order valence-corrected chi connectivity index (χ3v) is 13.9.